The minimum Gasteiger partial charge on any atom is -0.280 e. The number of nitrogens with one attached hydrogen (secondary N) is 2. The number of sulfonamides is 1. The second kappa shape index (κ2) is 5.62. The summed E-state index contributed by atoms with van der Waals surface area (Å²) in [5.41, 5.74) is 0.895. The van der Waals surface area contributed by atoms with E-state index in [1.807, 2.05) is 0 Å². The summed E-state index contributed by atoms with van der Waals surface area (Å²) in [6.45, 7) is 0. The minimum atomic E-state index is -3.78. The summed E-state index contributed by atoms with van der Waals surface area (Å²) in [7, 11) is -3.78. The molecular weight excluding hydrogens is 369 g/mol. The van der Waals surface area contributed by atoms with Gasteiger partial charge in [0.25, 0.3) is 10.0 Å². The highest BCUT2D eigenvalue weighted by molar-refractivity contribution is 7.92. The lowest BCUT2D eigenvalue weighted by atomic mass is 10.3. The molecule has 114 valence electrons. The lowest BCUT2D eigenvalue weighted by Crippen LogP contribution is -2.12. The van der Waals surface area contributed by atoms with Gasteiger partial charge in [-0.05, 0) is 36.4 Å². The van der Waals surface area contributed by atoms with E-state index in [1.165, 1.54) is 30.3 Å². The molecule has 22 heavy (non-hydrogen) atoms. The molecule has 5 nitrogen and oxygen atoms in total. The normalized spacial score (nSPS) is 11.8. The predicted molar refractivity (Wildman–Crippen MR) is 88.4 cm³/mol. The maximum absolute atomic E-state index is 12.4. The van der Waals surface area contributed by atoms with Crippen molar-refractivity contribution in [2.24, 2.45) is 0 Å². The molecule has 2 aromatic carbocycles. The van der Waals surface area contributed by atoms with Gasteiger partial charge in [-0.1, -0.05) is 34.8 Å². The predicted octanol–water partition coefficient (Wildman–Crippen LogP) is 4.32. The Labute approximate surface area is 141 Å². The fraction of sp³-hybridized carbons (Fsp3) is 0. The number of fused-ring (bicyclic) bond motifs is 1. The maximum Gasteiger partial charge on any atom is 0.261 e. The van der Waals surface area contributed by atoms with Crippen molar-refractivity contribution in [2.45, 2.75) is 4.90 Å². The van der Waals surface area contributed by atoms with E-state index in [-0.39, 0.29) is 15.1 Å². The lowest BCUT2D eigenvalue weighted by Gasteiger charge is -2.09. The van der Waals surface area contributed by atoms with Gasteiger partial charge in [-0.15, -0.1) is 0 Å². The summed E-state index contributed by atoms with van der Waals surface area (Å²) in [6, 6.07) is 8.93. The fourth-order valence-electron chi connectivity index (χ4n) is 1.90. The number of benzene rings is 2. The molecule has 0 aliphatic carbocycles. The molecule has 0 aliphatic heterocycles. The van der Waals surface area contributed by atoms with Gasteiger partial charge in [0, 0.05) is 5.39 Å². The zero-order chi connectivity index (χ0) is 15.9. The summed E-state index contributed by atoms with van der Waals surface area (Å²) in [6.07, 6.45) is 0. The number of hydrogen-bond acceptors (Lipinski definition) is 3. The average Bonchev–Trinajstić information content (AvgIpc) is 2.84. The molecular formula is C13H8Cl3N3O2S. The molecule has 1 aromatic heterocycles. The Morgan fingerprint density at radius 3 is 2.50 bits per heavy atom. The minimum absolute atomic E-state index is 0.0642. The number of H-pyrrole nitrogens is 1. The van der Waals surface area contributed by atoms with Gasteiger partial charge in [0.2, 0.25) is 0 Å². The summed E-state index contributed by atoms with van der Waals surface area (Å²) >= 11 is 17.6. The van der Waals surface area contributed by atoms with E-state index in [9.17, 15) is 8.42 Å². The number of nitrogens with zero attached hydrogens (tertiary/aromatic N) is 1. The Kier molecular flexibility index (Phi) is 3.94. The molecule has 3 aromatic rings. The molecule has 3 rings (SSSR count). The average molecular weight is 377 g/mol. The van der Waals surface area contributed by atoms with Crippen molar-refractivity contribution >= 4 is 61.4 Å². The van der Waals surface area contributed by atoms with Crippen molar-refractivity contribution in [1.29, 1.82) is 0 Å². The quantitative estimate of drug-likeness (QED) is 0.714. The van der Waals surface area contributed by atoms with Crippen LogP contribution in [0.25, 0.3) is 10.9 Å². The molecule has 1 heterocycles. The van der Waals surface area contributed by atoms with Gasteiger partial charge in [-0.2, -0.15) is 5.10 Å². The molecule has 2 N–H and O–H groups in total. The van der Waals surface area contributed by atoms with Crippen molar-refractivity contribution in [3.8, 4) is 0 Å². The van der Waals surface area contributed by atoms with Crippen LogP contribution >= 0.6 is 34.8 Å². The number of anilines is 1. The van der Waals surface area contributed by atoms with Crippen LogP contribution in [0.4, 0.5) is 5.69 Å². The van der Waals surface area contributed by atoms with Crippen LogP contribution in [0.1, 0.15) is 0 Å². The zero-order valence-electron chi connectivity index (χ0n) is 10.8. The van der Waals surface area contributed by atoms with Crippen LogP contribution in [0.2, 0.25) is 15.2 Å². The summed E-state index contributed by atoms with van der Waals surface area (Å²) in [5, 5.41) is 7.94. The van der Waals surface area contributed by atoms with Crippen molar-refractivity contribution in [3.63, 3.8) is 0 Å². The molecule has 0 unspecified atom stereocenters. The zero-order valence-corrected chi connectivity index (χ0v) is 13.9. The van der Waals surface area contributed by atoms with Crippen LogP contribution in [-0.4, -0.2) is 18.6 Å². The molecule has 0 atom stereocenters. The molecule has 0 spiro atoms. The number of rotatable bonds is 3. The first-order valence-electron chi connectivity index (χ1n) is 5.98. The van der Waals surface area contributed by atoms with E-state index in [0.717, 1.165) is 0 Å². The highest BCUT2D eigenvalue weighted by atomic mass is 35.5. The standard InChI is InChI=1S/C13H8Cl3N3O2S/c14-10-3-1-7(5-11(10)15)19-22(20,21)8-2-4-12-9(6-8)13(16)18-17-12/h1-6,19H,(H,17,18). The van der Waals surface area contributed by atoms with Gasteiger partial charge in [0.15, 0.2) is 0 Å². The van der Waals surface area contributed by atoms with Gasteiger partial charge in [0.05, 0.1) is 26.1 Å². The van der Waals surface area contributed by atoms with Crippen molar-refractivity contribution in [3.05, 3.63) is 51.6 Å². The monoisotopic (exact) mass is 375 g/mol. The van der Waals surface area contributed by atoms with Gasteiger partial charge in [-0.3, -0.25) is 9.82 Å². The highest BCUT2D eigenvalue weighted by Crippen LogP contribution is 2.28. The summed E-state index contributed by atoms with van der Waals surface area (Å²) in [4.78, 5) is 0.0642. The Morgan fingerprint density at radius 1 is 1.00 bits per heavy atom. The Morgan fingerprint density at radius 2 is 1.77 bits per heavy atom. The van der Waals surface area contributed by atoms with E-state index in [4.69, 9.17) is 34.8 Å². The van der Waals surface area contributed by atoms with Crippen LogP contribution < -0.4 is 4.72 Å². The lowest BCUT2D eigenvalue weighted by molar-refractivity contribution is 0.601. The summed E-state index contributed by atoms with van der Waals surface area (Å²) < 4.78 is 27.3. The van der Waals surface area contributed by atoms with E-state index >= 15 is 0 Å². The number of hydrogen-bond donors (Lipinski definition) is 2. The van der Waals surface area contributed by atoms with Crippen LogP contribution in [0, 0.1) is 0 Å². The molecule has 0 aliphatic rings. The first-order valence-corrected chi connectivity index (χ1v) is 8.60. The third-order valence-electron chi connectivity index (χ3n) is 2.96. The summed E-state index contributed by atoms with van der Waals surface area (Å²) in [5.74, 6) is 0. The molecule has 9 heteroatoms. The third kappa shape index (κ3) is 2.87. The molecule has 0 fully saturated rings. The topological polar surface area (TPSA) is 74.8 Å². The SMILES string of the molecule is O=S(=O)(Nc1ccc(Cl)c(Cl)c1)c1ccc2n[nH]c(Cl)c2c1. The van der Waals surface area contributed by atoms with E-state index < -0.39 is 10.0 Å². The number of aromatic amines is 1. The fourth-order valence-corrected chi connectivity index (χ4v) is 3.47. The third-order valence-corrected chi connectivity index (χ3v) is 5.37. The number of halogens is 3. The number of aromatic nitrogens is 2. The Hall–Kier alpha value is -1.47. The molecule has 0 bridgehead atoms. The maximum atomic E-state index is 12.4. The smallest absolute Gasteiger partial charge is 0.261 e. The van der Waals surface area contributed by atoms with Crippen molar-refractivity contribution in [1.82, 2.24) is 10.2 Å². The van der Waals surface area contributed by atoms with Gasteiger partial charge in [-0.25, -0.2) is 8.42 Å². The van der Waals surface area contributed by atoms with Gasteiger partial charge < -0.3 is 0 Å². The first kappa shape index (κ1) is 15.4. The van der Waals surface area contributed by atoms with Crippen molar-refractivity contribution < 1.29 is 8.42 Å². The van der Waals surface area contributed by atoms with E-state index in [1.54, 1.807) is 6.07 Å². The Bertz CT molecular complexity index is 970. The van der Waals surface area contributed by atoms with Crippen LogP contribution in [0.15, 0.2) is 41.3 Å². The Balaban J connectivity index is 2.00. The van der Waals surface area contributed by atoms with Crippen LogP contribution in [0.3, 0.4) is 0 Å². The van der Waals surface area contributed by atoms with Crippen LogP contribution in [0.5, 0.6) is 0 Å². The largest absolute Gasteiger partial charge is 0.280 e. The van der Waals surface area contributed by atoms with E-state index in [0.29, 0.717) is 21.6 Å². The van der Waals surface area contributed by atoms with E-state index in [2.05, 4.69) is 14.9 Å². The second-order valence-corrected chi connectivity index (χ2v) is 7.33. The van der Waals surface area contributed by atoms with Gasteiger partial charge in [0.1, 0.15) is 5.15 Å². The highest BCUT2D eigenvalue weighted by Gasteiger charge is 2.17. The second-order valence-electron chi connectivity index (χ2n) is 4.45. The van der Waals surface area contributed by atoms with Crippen molar-refractivity contribution in [2.75, 3.05) is 4.72 Å². The first-order chi connectivity index (χ1) is 10.4. The molecule has 0 radical (unpaired) electrons. The molecule has 0 saturated heterocycles. The molecule has 0 saturated carbocycles. The van der Waals surface area contributed by atoms with Gasteiger partial charge >= 0.3 is 0 Å². The molecule has 0 amide bonds. The van der Waals surface area contributed by atoms with Crippen LogP contribution in [-0.2, 0) is 10.0 Å².